The predicted molar refractivity (Wildman–Crippen MR) is 77.6 cm³/mol. The molecule has 1 saturated heterocycles. The summed E-state index contributed by atoms with van der Waals surface area (Å²) in [5, 5.41) is 5.73. The van der Waals surface area contributed by atoms with Gasteiger partial charge in [-0.1, -0.05) is 6.07 Å². The van der Waals surface area contributed by atoms with Crippen molar-refractivity contribution in [1.82, 2.24) is 4.37 Å². The summed E-state index contributed by atoms with van der Waals surface area (Å²) in [6, 6.07) is 5.55. The van der Waals surface area contributed by atoms with Crippen molar-refractivity contribution in [2.75, 3.05) is 5.32 Å². The van der Waals surface area contributed by atoms with Crippen LogP contribution in [0.25, 0.3) is 10.9 Å². The molecule has 1 fully saturated rings. The number of cyclic esters (lactones) is 2. The van der Waals surface area contributed by atoms with Gasteiger partial charge in [0.25, 0.3) is 5.79 Å². The maximum atomic E-state index is 11.8. The van der Waals surface area contributed by atoms with Crippen LogP contribution in [0.3, 0.4) is 0 Å². The Balaban J connectivity index is 1.88. The van der Waals surface area contributed by atoms with Gasteiger partial charge >= 0.3 is 11.9 Å². The Bertz CT molecular complexity index is 741. The third kappa shape index (κ3) is 2.59. The average Bonchev–Trinajstić information content (AvgIpc) is 2.85. The molecule has 108 valence electrons. The van der Waals surface area contributed by atoms with Crippen LogP contribution in [0.5, 0.6) is 0 Å². The van der Waals surface area contributed by atoms with Crippen molar-refractivity contribution in [1.29, 1.82) is 0 Å². The standard InChI is InChI=1S/C14H12N2O4S/c1-14(2)19-12(17)8(13(18)20-14)6-15-10-4-3-5-11-9(10)7-21-16-11/h3-7,15H,1-2H3. The molecule has 0 aliphatic carbocycles. The second-order valence-electron chi connectivity index (χ2n) is 4.93. The summed E-state index contributed by atoms with van der Waals surface area (Å²) in [5.74, 6) is -2.65. The maximum Gasteiger partial charge on any atom is 0.350 e. The zero-order chi connectivity index (χ0) is 15.0. The molecule has 21 heavy (non-hydrogen) atoms. The molecule has 2 aromatic rings. The highest BCUT2D eigenvalue weighted by molar-refractivity contribution is 7.04. The fourth-order valence-electron chi connectivity index (χ4n) is 1.95. The molecule has 0 spiro atoms. The average molecular weight is 304 g/mol. The molecule has 1 aliphatic rings. The van der Waals surface area contributed by atoms with Gasteiger partial charge < -0.3 is 14.8 Å². The number of esters is 2. The highest BCUT2D eigenvalue weighted by atomic mass is 32.1. The predicted octanol–water partition coefficient (Wildman–Crippen LogP) is 2.43. The molecule has 2 heterocycles. The second kappa shape index (κ2) is 4.85. The number of ether oxygens (including phenoxy) is 2. The quantitative estimate of drug-likeness (QED) is 0.521. The van der Waals surface area contributed by atoms with Crippen molar-refractivity contribution in [3.63, 3.8) is 0 Å². The maximum absolute atomic E-state index is 11.8. The smallest absolute Gasteiger partial charge is 0.350 e. The van der Waals surface area contributed by atoms with Crippen molar-refractivity contribution >= 4 is 40.1 Å². The number of benzene rings is 1. The summed E-state index contributed by atoms with van der Waals surface area (Å²) in [5.41, 5.74) is 1.42. The van der Waals surface area contributed by atoms with Crippen LogP contribution in [0.2, 0.25) is 0 Å². The number of rotatable bonds is 2. The minimum atomic E-state index is -1.23. The van der Waals surface area contributed by atoms with Gasteiger partial charge in [-0.3, -0.25) is 0 Å². The number of nitrogens with one attached hydrogen (secondary N) is 1. The summed E-state index contributed by atoms with van der Waals surface area (Å²) in [6.07, 6.45) is 1.30. The van der Waals surface area contributed by atoms with Crippen LogP contribution in [-0.4, -0.2) is 22.1 Å². The molecule has 0 amide bonds. The van der Waals surface area contributed by atoms with Gasteiger partial charge in [0, 0.05) is 36.5 Å². The Hall–Kier alpha value is -2.41. The number of carbonyl (C=O) groups is 2. The molecule has 0 saturated carbocycles. The van der Waals surface area contributed by atoms with E-state index < -0.39 is 17.7 Å². The summed E-state index contributed by atoms with van der Waals surface area (Å²) in [4.78, 5) is 23.6. The summed E-state index contributed by atoms with van der Waals surface area (Å²) in [7, 11) is 0. The van der Waals surface area contributed by atoms with Crippen molar-refractivity contribution < 1.29 is 19.1 Å². The lowest BCUT2D eigenvalue weighted by Gasteiger charge is -2.29. The lowest BCUT2D eigenvalue weighted by atomic mass is 10.2. The van der Waals surface area contributed by atoms with E-state index in [1.165, 1.54) is 31.6 Å². The van der Waals surface area contributed by atoms with Gasteiger partial charge in [0.2, 0.25) is 0 Å². The van der Waals surface area contributed by atoms with Gasteiger partial charge in [0.05, 0.1) is 5.52 Å². The van der Waals surface area contributed by atoms with E-state index in [1.807, 2.05) is 23.6 Å². The van der Waals surface area contributed by atoms with Crippen LogP contribution in [-0.2, 0) is 19.1 Å². The van der Waals surface area contributed by atoms with Crippen molar-refractivity contribution in [2.24, 2.45) is 0 Å². The Morgan fingerprint density at radius 3 is 2.67 bits per heavy atom. The summed E-state index contributed by atoms with van der Waals surface area (Å²) in [6.45, 7) is 3.01. The SMILES string of the molecule is CC1(C)OC(=O)C(=CNc2cccc3nscc23)C(=O)O1. The van der Waals surface area contributed by atoms with Crippen LogP contribution >= 0.6 is 11.5 Å². The first-order valence-electron chi connectivity index (χ1n) is 6.23. The van der Waals surface area contributed by atoms with Gasteiger partial charge in [-0.25, -0.2) is 9.59 Å². The lowest BCUT2D eigenvalue weighted by molar-refractivity contribution is -0.222. The van der Waals surface area contributed by atoms with Gasteiger partial charge in [-0.2, -0.15) is 4.37 Å². The van der Waals surface area contributed by atoms with E-state index in [1.54, 1.807) is 0 Å². The minimum Gasteiger partial charge on any atom is -0.419 e. The van der Waals surface area contributed by atoms with Crippen LogP contribution in [0.1, 0.15) is 13.8 Å². The third-order valence-corrected chi connectivity index (χ3v) is 3.54. The van der Waals surface area contributed by atoms with E-state index in [9.17, 15) is 9.59 Å². The number of nitrogens with zero attached hydrogens (tertiary/aromatic N) is 1. The zero-order valence-corrected chi connectivity index (χ0v) is 12.2. The monoisotopic (exact) mass is 304 g/mol. The van der Waals surface area contributed by atoms with Crippen molar-refractivity contribution in [2.45, 2.75) is 19.6 Å². The first-order chi connectivity index (χ1) is 9.96. The number of hydrogen-bond acceptors (Lipinski definition) is 7. The number of hydrogen-bond donors (Lipinski definition) is 1. The molecule has 0 radical (unpaired) electrons. The number of anilines is 1. The minimum absolute atomic E-state index is 0.172. The summed E-state index contributed by atoms with van der Waals surface area (Å²) < 4.78 is 14.3. The summed E-state index contributed by atoms with van der Waals surface area (Å²) >= 11 is 1.34. The topological polar surface area (TPSA) is 77.5 Å². The number of aromatic nitrogens is 1. The van der Waals surface area contributed by atoms with E-state index in [0.29, 0.717) is 0 Å². The van der Waals surface area contributed by atoms with Crippen LogP contribution < -0.4 is 5.32 Å². The molecular weight excluding hydrogens is 292 g/mol. The van der Waals surface area contributed by atoms with E-state index in [-0.39, 0.29) is 5.57 Å². The molecule has 0 unspecified atom stereocenters. The Kier molecular flexibility index (Phi) is 3.13. The van der Waals surface area contributed by atoms with Gasteiger partial charge in [0.15, 0.2) is 5.57 Å². The number of fused-ring (bicyclic) bond motifs is 1. The lowest BCUT2D eigenvalue weighted by Crippen LogP contribution is -2.42. The zero-order valence-electron chi connectivity index (χ0n) is 11.4. The Labute approximate surface area is 124 Å². The Morgan fingerprint density at radius 2 is 1.95 bits per heavy atom. The molecule has 1 N–H and O–H groups in total. The molecular formula is C14H12N2O4S. The van der Waals surface area contributed by atoms with Gasteiger partial charge in [-0.05, 0) is 23.7 Å². The Morgan fingerprint density at radius 1 is 1.24 bits per heavy atom. The van der Waals surface area contributed by atoms with Crippen LogP contribution in [0.4, 0.5) is 5.69 Å². The van der Waals surface area contributed by atoms with Crippen molar-refractivity contribution in [3.05, 3.63) is 35.4 Å². The first kappa shape index (κ1) is 13.6. The highest BCUT2D eigenvalue weighted by Gasteiger charge is 2.38. The van der Waals surface area contributed by atoms with Crippen molar-refractivity contribution in [3.8, 4) is 0 Å². The molecule has 0 bridgehead atoms. The fourth-order valence-corrected chi connectivity index (χ4v) is 2.63. The molecule has 7 heteroatoms. The molecule has 0 atom stereocenters. The van der Waals surface area contributed by atoms with E-state index in [4.69, 9.17) is 9.47 Å². The van der Waals surface area contributed by atoms with E-state index in [0.717, 1.165) is 16.6 Å². The first-order valence-corrected chi connectivity index (χ1v) is 7.06. The third-order valence-electron chi connectivity index (χ3n) is 2.89. The molecule has 6 nitrogen and oxygen atoms in total. The molecule has 3 rings (SSSR count). The second-order valence-corrected chi connectivity index (χ2v) is 5.56. The van der Waals surface area contributed by atoms with Gasteiger partial charge in [0.1, 0.15) is 0 Å². The molecule has 1 aliphatic heterocycles. The number of carbonyl (C=O) groups excluding carboxylic acids is 2. The fraction of sp³-hybridized carbons (Fsp3) is 0.214. The highest BCUT2D eigenvalue weighted by Crippen LogP contribution is 2.26. The normalized spacial score (nSPS) is 17.3. The van der Waals surface area contributed by atoms with Gasteiger partial charge in [-0.15, -0.1) is 0 Å². The van der Waals surface area contributed by atoms with Crippen LogP contribution in [0.15, 0.2) is 35.4 Å². The van der Waals surface area contributed by atoms with E-state index >= 15 is 0 Å². The largest absolute Gasteiger partial charge is 0.419 e. The molecule has 1 aromatic heterocycles. The molecule has 1 aromatic carbocycles. The van der Waals surface area contributed by atoms with Crippen LogP contribution in [0, 0.1) is 0 Å². The van der Waals surface area contributed by atoms with E-state index in [2.05, 4.69) is 9.69 Å².